The van der Waals surface area contributed by atoms with Crippen molar-refractivity contribution >= 4 is 27.6 Å². The number of carboxylic acid groups (broad SMARTS) is 1. The first-order valence-electron chi connectivity index (χ1n) is 8.94. The van der Waals surface area contributed by atoms with Gasteiger partial charge in [0.2, 0.25) is 15.9 Å². The zero-order valence-corrected chi connectivity index (χ0v) is 15.8. The van der Waals surface area contributed by atoms with Crippen LogP contribution in [0.5, 0.6) is 0 Å². The van der Waals surface area contributed by atoms with E-state index in [4.69, 9.17) is 0 Å². The summed E-state index contributed by atoms with van der Waals surface area (Å²) < 4.78 is 27.6. The number of carbonyl (C=O) groups is 2. The molecule has 1 aromatic rings. The molecule has 2 aliphatic rings. The van der Waals surface area contributed by atoms with Gasteiger partial charge >= 0.3 is 5.97 Å². The first-order chi connectivity index (χ1) is 12.2. The number of fused-ring (bicyclic) bond motifs is 1. The van der Waals surface area contributed by atoms with E-state index in [0.29, 0.717) is 19.4 Å². The number of rotatable bonds is 7. The summed E-state index contributed by atoms with van der Waals surface area (Å²) in [6, 6.07) is 3.46. The third-order valence-electron chi connectivity index (χ3n) is 5.21. The molecule has 0 aromatic heterocycles. The van der Waals surface area contributed by atoms with Gasteiger partial charge in [0, 0.05) is 18.2 Å². The van der Waals surface area contributed by atoms with Crippen molar-refractivity contribution in [3.8, 4) is 0 Å². The quantitative estimate of drug-likeness (QED) is 0.750. The maximum Gasteiger partial charge on any atom is 0.322 e. The molecule has 1 heterocycles. The molecule has 1 fully saturated rings. The number of nitrogens with zero attached hydrogens (tertiary/aromatic N) is 1. The molecule has 8 heteroatoms. The van der Waals surface area contributed by atoms with E-state index in [2.05, 4.69) is 4.72 Å². The molecule has 1 amide bonds. The first kappa shape index (κ1) is 18.8. The van der Waals surface area contributed by atoms with Gasteiger partial charge in [-0.15, -0.1) is 0 Å². The van der Waals surface area contributed by atoms with Gasteiger partial charge in [-0.3, -0.25) is 9.59 Å². The van der Waals surface area contributed by atoms with E-state index in [-0.39, 0.29) is 22.6 Å². The highest BCUT2D eigenvalue weighted by Gasteiger charge is 2.37. The Morgan fingerprint density at radius 3 is 2.62 bits per heavy atom. The Labute approximate surface area is 153 Å². The second-order valence-electron chi connectivity index (χ2n) is 7.13. The molecule has 1 aliphatic heterocycles. The van der Waals surface area contributed by atoms with Crippen molar-refractivity contribution in [1.29, 1.82) is 0 Å². The summed E-state index contributed by atoms with van der Waals surface area (Å²) >= 11 is 0. The Balaban J connectivity index is 1.83. The van der Waals surface area contributed by atoms with Gasteiger partial charge in [0.25, 0.3) is 0 Å². The lowest BCUT2D eigenvalue weighted by Crippen LogP contribution is -2.44. The van der Waals surface area contributed by atoms with Crippen LogP contribution in [-0.4, -0.2) is 38.0 Å². The number of carboxylic acids is 1. The summed E-state index contributed by atoms with van der Waals surface area (Å²) in [6.07, 6.45) is 2.99. The van der Waals surface area contributed by atoms with Crippen LogP contribution >= 0.6 is 0 Å². The van der Waals surface area contributed by atoms with Crippen LogP contribution in [0.4, 0.5) is 5.69 Å². The molecular weight excluding hydrogens is 356 g/mol. The van der Waals surface area contributed by atoms with Crippen LogP contribution < -0.4 is 9.62 Å². The lowest BCUT2D eigenvalue weighted by molar-refractivity contribution is -0.140. The van der Waals surface area contributed by atoms with Crippen molar-refractivity contribution in [3.63, 3.8) is 0 Å². The lowest BCUT2D eigenvalue weighted by Gasteiger charge is -2.21. The van der Waals surface area contributed by atoms with Crippen molar-refractivity contribution in [2.75, 3.05) is 11.4 Å². The Hall–Kier alpha value is -1.93. The highest BCUT2D eigenvalue weighted by molar-refractivity contribution is 7.89. The molecule has 1 aliphatic carbocycles. The highest BCUT2D eigenvalue weighted by atomic mass is 32.2. The van der Waals surface area contributed by atoms with Gasteiger partial charge in [0.05, 0.1) is 4.90 Å². The molecule has 142 valence electrons. The van der Waals surface area contributed by atoms with Gasteiger partial charge in [-0.2, -0.15) is 4.72 Å². The largest absolute Gasteiger partial charge is 0.480 e. The normalized spacial score (nSPS) is 19.1. The average Bonchev–Trinajstić information content (AvgIpc) is 3.37. The Morgan fingerprint density at radius 2 is 2.04 bits per heavy atom. The van der Waals surface area contributed by atoms with E-state index >= 15 is 0 Å². The molecule has 0 spiro atoms. The van der Waals surface area contributed by atoms with Crippen LogP contribution in [0.3, 0.4) is 0 Å². The molecule has 0 radical (unpaired) electrons. The molecule has 1 aromatic carbocycles. The molecular formula is C18H24N2O5S. The fourth-order valence-corrected chi connectivity index (χ4v) is 4.55. The van der Waals surface area contributed by atoms with Crippen molar-refractivity contribution in [1.82, 2.24) is 4.72 Å². The van der Waals surface area contributed by atoms with Gasteiger partial charge in [-0.1, -0.05) is 20.3 Å². The maximum atomic E-state index is 12.6. The lowest BCUT2D eigenvalue weighted by atomic mass is 10.0. The maximum absolute atomic E-state index is 12.6. The topological polar surface area (TPSA) is 104 Å². The average molecular weight is 380 g/mol. The Kier molecular flexibility index (Phi) is 5.07. The monoisotopic (exact) mass is 380 g/mol. The fraction of sp³-hybridized carbons (Fsp3) is 0.556. The predicted molar refractivity (Wildman–Crippen MR) is 96.4 cm³/mol. The minimum Gasteiger partial charge on any atom is -0.480 e. The van der Waals surface area contributed by atoms with Gasteiger partial charge in [-0.25, -0.2) is 8.42 Å². The predicted octanol–water partition coefficient (Wildman–Crippen LogP) is 1.76. The number of carbonyl (C=O) groups excluding carboxylic acids is 1. The molecule has 2 N–H and O–H groups in total. The van der Waals surface area contributed by atoms with Crippen molar-refractivity contribution < 1.29 is 23.1 Å². The van der Waals surface area contributed by atoms with Crippen molar-refractivity contribution in [3.05, 3.63) is 23.8 Å². The molecule has 0 saturated heterocycles. The molecule has 0 unspecified atom stereocenters. The standard InChI is InChI=1S/C18H24N2O5S/c1-3-11(2)16(18(22)23)19-26(24,25)14-6-7-15-13(10-14)8-9-20(15)17(21)12-4-5-12/h6-7,10-12,16,19H,3-5,8-9H2,1-2H3,(H,22,23)/t11-,16+/m0/s1. The molecule has 26 heavy (non-hydrogen) atoms. The summed E-state index contributed by atoms with van der Waals surface area (Å²) in [5.74, 6) is -1.30. The number of hydrogen-bond donors (Lipinski definition) is 2. The Bertz CT molecular complexity index is 832. The number of amides is 1. The number of hydrogen-bond acceptors (Lipinski definition) is 4. The van der Waals surface area contributed by atoms with Crippen LogP contribution in [0, 0.1) is 11.8 Å². The van der Waals surface area contributed by atoms with Crippen molar-refractivity contribution in [2.24, 2.45) is 11.8 Å². The zero-order chi connectivity index (χ0) is 19.1. The van der Waals surface area contributed by atoms with Gasteiger partial charge < -0.3 is 10.0 Å². The smallest absolute Gasteiger partial charge is 0.322 e. The zero-order valence-electron chi connectivity index (χ0n) is 14.9. The number of nitrogens with one attached hydrogen (secondary N) is 1. The van der Waals surface area contributed by atoms with E-state index in [9.17, 15) is 23.1 Å². The minimum absolute atomic E-state index is 0.0338. The van der Waals surface area contributed by atoms with E-state index in [1.54, 1.807) is 24.0 Å². The van der Waals surface area contributed by atoms with Gasteiger partial charge in [-0.05, 0) is 48.9 Å². The molecule has 3 rings (SSSR count). The molecule has 0 bridgehead atoms. The molecule has 1 saturated carbocycles. The fourth-order valence-electron chi connectivity index (χ4n) is 3.21. The van der Waals surface area contributed by atoms with Crippen LogP contribution in [-0.2, 0) is 26.0 Å². The number of sulfonamides is 1. The van der Waals surface area contributed by atoms with Crippen LogP contribution in [0.15, 0.2) is 23.1 Å². The van der Waals surface area contributed by atoms with E-state index < -0.39 is 22.0 Å². The SMILES string of the molecule is CC[C@H](C)[C@@H](NS(=O)(=O)c1ccc2c(c1)CCN2C(=O)C1CC1)C(=O)O. The van der Waals surface area contributed by atoms with E-state index in [0.717, 1.165) is 24.1 Å². The van der Waals surface area contributed by atoms with Crippen LogP contribution in [0.2, 0.25) is 0 Å². The van der Waals surface area contributed by atoms with Crippen LogP contribution in [0.1, 0.15) is 38.7 Å². The summed E-state index contributed by atoms with van der Waals surface area (Å²) in [5, 5.41) is 9.32. The third-order valence-corrected chi connectivity index (χ3v) is 6.65. The van der Waals surface area contributed by atoms with Crippen LogP contribution in [0.25, 0.3) is 0 Å². The number of benzene rings is 1. The summed E-state index contributed by atoms with van der Waals surface area (Å²) in [7, 11) is -3.96. The first-order valence-corrected chi connectivity index (χ1v) is 10.4. The minimum atomic E-state index is -3.96. The van der Waals surface area contributed by atoms with Gasteiger partial charge in [0.15, 0.2) is 0 Å². The summed E-state index contributed by atoms with van der Waals surface area (Å²) in [5.41, 5.74) is 1.56. The van der Waals surface area contributed by atoms with Crippen molar-refractivity contribution in [2.45, 2.75) is 50.5 Å². The number of anilines is 1. The second kappa shape index (κ2) is 7.00. The van der Waals surface area contributed by atoms with E-state index in [1.165, 1.54) is 6.07 Å². The number of aliphatic carboxylic acids is 1. The highest BCUT2D eigenvalue weighted by Crippen LogP contribution is 2.37. The second-order valence-corrected chi connectivity index (χ2v) is 8.84. The molecule has 7 nitrogen and oxygen atoms in total. The van der Waals surface area contributed by atoms with E-state index in [1.807, 2.05) is 6.92 Å². The summed E-state index contributed by atoms with van der Waals surface area (Å²) in [4.78, 5) is 25.5. The third kappa shape index (κ3) is 3.61. The van der Waals surface area contributed by atoms with Gasteiger partial charge in [0.1, 0.15) is 6.04 Å². The Morgan fingerprint density at radius 1 is 1.35 bits per heavy atom. The summed E-state index contributed by atoms with van der Waals surface area (Å²) in [6.45, 7) is 4.08. The molecule has 2 atom stereocenters.